The summed E-state index contributed by atoms with van der Waals surface area (Å²) in [5.41, 5.74) is 1.75. The van der Waals surface area contributed by atoms with E-state index >= 15 is 0 Å². The van der Waals surface area contributed by atoms with Crippen molar-refractivity contribution in [1.29, 1.82) is 0 Å². The first-order chi connectivity index (χ1) is 18.9. The van der Waals surface area contributed by atoms with Gasteiger partial charge in [-0.2, -0.15) is 15.4 Å². The molecule has 204 valence electrons. The van der Waals surface area contributed by atoms with Gasteiger partial charge in [-0.3, -0.25) is 14.4 Å². The van der Waals surface area contributed by atoms with Crippen molar-refractivity contribution >= 4 is 17.7 Å². The van der Waals surface area contributed by atoms with Crippen molar-refractivity contribution < 1.29 is 33.3 Å². The monoisotopic (exact) mass is 536 g/mol. The summed E-state index contributed by atoms with van der Waals surface area (Å²) in [5, 5.41) is 16.2. The highest BCUT2D eigenvalue weighted by Gasteiger charge is 2.40. The van der Waals surface area contributed by atoms with Gasteiger partial charge in [0, 0.05) is 18.7 Å². The molecule has 6 rings (SSSR count). The molecule has 2 aromatic carbocycles. The Morgan fingerprint density at radius 3 is 2.59 bits per heavy atom. The molecular weight excluding hydrogens is 508 g/mol. The molecule has 3 aromatic rings. The number of aromatic nitrogens is 3. The highest BCUT2D eigenvalue weighted by atomic mass is 16.5. The molecule has 4 heterocycles. The smallest absolute Gasteiger partial charge is 0.276 e. The van der Waals surface area contributed by atoms with Gasteiger partial charge < -0.3 is 34.5 Å². The number of methoxy groups -OCH3 is 2. The molecule has 0 spiro atoms. The summed E-state index contributed by atoms with van der Waals surface area (Å²) in [5.74, 6) is 0.407. The van der Waals surface area contributed by atoms with Crippen LogP contribution in [0, 0.1) is 6.92 Å². The number of aryl methyl sites for hydroxylation is 1. The van der Waals surface area contributed by atoms with Crippen LogP contribution in [0.15, 0.2) is 36.4 Å². The van der Waals surface area contributed by atoms with E-state index in [2.05, 4.69) is 26.0 Å². The minimum atomic E-state index is -0.603. The average Bonchev–Trinajstić information content (AvgIpc) is 3.55. The molecule has 13 heteroatoms. The van der Waals surface area contributed by atoms with Crippen LogP contribution in [0.5, 0.6) is 23.0 Å². The zero-order chi connectivity index (χ0) is 27.5. The number of nitrogens with one attached hydrogen (secondary N) is 3. The molecule has 1 fully saturated rings. The number of rotatable bonds is 3. The van der Waals surface area contributed by atoms with Gasteiger partial charge in [0.1, 0.15) is 6.10 Å². The molecule has 1 aromatic heterocycles. The Morgan fingerprint density at radius 2 is 1.85 bits per heavy atom. The summed E-state index contributed by atoms with van der Waals surface area (Å²) in [6.45, 7) is 2.02. The summed E-state index contributed by atoms with van der Waals surface area (Å²) in [6.07, 6.45) is -0.603. The predicted molar refractivity (Wildman–Crippen MR) is 136 cm³/mol. The summed E-state index contributed by atoms with van der Waals surface area (Å²) in [7, 11) is 2.98. The van der Waals surface area contributed by atoms with Gasteiger partial charge in [0.05, 0.1) is 32.5 Å². The molecule has 0 aliphatic carbocycles. The fourth-order valence-corrected chi connectivity index (χ4v) is 4.49. The summed E-state index contributed by atoms with van der Waals surface area (Å²) >= 11 is 0. The van der Waals surface area contributed by atoms with Crippen molar-refractivity contribution in [2.75, 3.05) is 33.9 Å². The second-order valence-electron chi connectivity index (χ2n) is 9.12. The van der Waals surface area contributed by atoms with Gasteiger partial charge in [-0.25, -0.2) is 0 Å². The maximum Gasteiger partial charge on any atom is 0.276 e. The van der Waals surface area contributed by atoms with Crippen molar-refractivity contribution in [3.63, 3.8) is 0 Å². The number of ether oxygens (including phenoxy) is 4. The van der Waals surface area contributed by atoms with Gasteiger partial charge in [0.15, 0.2) is 35.3 Å². The standard InChI is InChI=1S/C26H28N6O7/c1-14-24(30-31-29-14)26(35)32-11-17-22(12-32)39-19-6-4-15(8-20(19)37-3)10-27-23(33)13-38-21-9-16(25(34)28-17)5-7-18(21)36-2/h4-9,17,22H,10-13H2,1-3H3,(H,27,33)(H,28,34)(H,29,30,31)/t17-,22-/m0/s1. The molecule has 2 atom stereocenters. The molecule has 4 bridgehead atoms. The quantitative estimate of drug-likeness (QED) is 0.441. The van der Waals surface area contributed by atoms with E-state index in [4.69, 9.17) is 18.9 Å². The van der Waals surface area contributed by atoms with Crippen LogP contribution in [0.3, 0.4) is 0 Å². The summed E-state index contributed by atoms with van der Waals surface area (Å²) < 4.78 is 22.9. The van der Waals surface area contributed by atoms with Crippen molar-refractivity contribution in [3.05, 3.63) is 58.9 Å². The van der Waals surface area contributed by atoms with Crippen LogP contribution in [0.4, 0.5) is 0 Å². The largest absolute Gasteiger partial charge is 0.493 e. The normalized spacial score (nSPS) is 19.2. The summed E-state index contributed by atoms with van der Waals surface area (Å²) in [4.78, 5) is 40.5. The molecule has 0 unspecified atom stereocenters. The topological polar surface area (TPSA) is 157 Å². The van der Waals surface area contributed by atoms with E-state index in [9.17, 15) is 14.4 Å². The fraction of sp³-hybridized carbons (Fsp3) is 0.346. The lowest BCUT2D eigenvalue weighted by Gasteiger charge is -2.22. The second-order valence-corrected chi connectivity index (χ2v) is 9.12. The Bertz CT molecular complexity index is 1410. The number of H-pyrrole nitrogens is 1. The number of benzene rings is 2. The van der Waals surface area contributed by atoms with Gasteiger partial charge in [0.25, 0.3) is 17.7 Å². The minimum absolute atomic E-state index is 0.180. The number of hydrogen-bond donors (Lipinski definition) is 3. The van der Waals surface area contributed by atoms with Gasteiger partial charge >= 0.3 is 0 Å². The number of carbonyl (C=O) groups is 3. The Morgan fingerprint density at radius 1 is 1.03 bits per heavy atom. The zero-order valence-corrected chi connectivity index (χ0v) is 21.6. The van der Waals surface area contributed by atoms with Gasteiger partial charge in [0.2, 0.25) is 0 Å². The SMILES string of the molecule is COc1ccc2cc1OCC(=O)NCc1ccc(c(OC)c1)O[C@H]1CN(C(=O)c3n[nH]nc3C)C[C@@H]1NC2=O. The first-order valence-electron chi connectivity index (χ1n) is 12.2. The lowest BCUT2D eigenvalue weighted by molar-refractivity contribution is -0.123. The molecule has 13 nitrogen and oxygen atoms in total. The van der Waals surface area contributed by atoms with E-state index in [1.54, 1.807) is 42.2 Å². The van der Waals surface area contributed by atoms with E-state index in [0.717, 1.165) is 5.56 Å². The van der Waals surface area contributed by atoms with Crippen LogP contribution < -0.4 is 29.6 Å². The third kappa shape index (κ3) is 5.42. The maximum absolute atomic E-state index is 13.3. The van der Waals surface area contributed by atoms with E-state index in [-0.39, 0.29) is 55.1 Å². The minimum Gasteiger partial charge on any atom is -0.493 e. The van der Waals surface area contributed by atoms with E-state index in [0.29, 0.717) is 22.9 Å². The number of nitrogens with zero attached hydrogens (tertiary/aromatic N) is 3. The van der Waals surface area contributed by atoms with Crippen LogP contribution in [-0.4, -0.2) is 84.1 Å². The fourth-order valence-electron chi connectivity index (χ4n) is 4.49. The lowest BCUT2D eigenvalue weighted by atomic mass is 10.1. The Hall–Kier alpha value is -4.81. The number of hydrogen-bond acceptors (Lipinski definition) is 9. The van der Waals surface area contributed by atoms with Gasteiger partial charge in [-0.15, -0.1) is 0 Å². The van der Waals surface area contributed by atoms with Crippen LogP contribution >= 0.6 is 0 Å². The average molecular weight is 537 g/mol. The molecule has 1 saturated heterocycles. The predicted octanol–water partition coefficient (Wildman–Crippen LogP) is 0.841. The molecule has 39 heavy (non-hydrogen) atoms. The number of likely N-dealkylation sites (tertiary alicyclic amines) is 1. The van der Waals surface area contributed by atoms with Crippen LogP contribution in [-0.2, 0) is 11.3 Å². The molecule has 3 N–H and O–H groups in total. The molecule has 0 saturated carbocycles. The lowest BCUT2D eigenvalue weighted by Crippen LogP contribution is -2.45. The van der Waals surface area contributed by atoms with Gasteiger partial charge in [-0.1, -0.05) is 6.07 Å². The van der Waals surface area contributed by atoms with E-state index in [1.165, 1.54) is 20.3 Å². The van der Waals surface area contributed by atoms with Crippen LogP contribution in [0.25, 0.3) is 0 Å². The molecule has 3 amide bonds. The zero-order valence-electron chi connectivity index (χ0n) is 21.6. The van der Waals surface area contributed by atoms with Crippen LogP contribution in [0.1, 0.15) is 32.1 Å². The third-order valence-corrected chi connectivity index (χ3v) is 6.58. The molecular formula is C26H28N6O7. The van der Waals surface area contributed by atoms with Crippen molar-refractivity contribution in [1.82, 2.24) is 30.9 Å². The number of carbonyl (C=O) groups excluding carboxylic acids is 3. The van der Waals surface area contributed by atoms with E-state index < -0.39 is 18.1 Å². The Balaban J connectivity index is 1.49. The Kier molecular flexibility index (Phi) is 7.21. The van der Waals surface area contributed by atoms with Crippen LogP contribution in [0.2, 0.25) is 0 Å². The van der Waals surface area contributed by atoms with Gasteiger partial charge in [-0.05, 0) is 42.8 Å². The van der Waals surface area contributed by atoms with Crippen molar-refractivity contribution in [3.8, 4) is 23.0 Å². The number of fused-ring (bicyclic) bond motifs is 7. The first kappa shape index (κ1) is 25.8. The Labute approximate surface area is 223 Å². The highest BCUT2D eigenvalue weighted by Crippen LogP contribution is 2.32. The molecule has 0 radical (unpaired) electrons. The first-order valence-corrected chi connectivity index (χ1v) is 12.2. The third-order valence-electron chi connectivity index (χ3n) is 6.58. The highest BCUT2D eigenvalue weighted by molar-refractivity contribution is 5.96. The second kappa shape index (κ2) is 10.9. The molecule has 3 aliphatic rings. The number of aromatic amines is 1. The number of amides is 3. The van der Waals surface area contributed by atoms with Crippen molar-refractivity contribution in [2.45, 2.75) is 25.6 Å². The van der Waals surface area contributed by atoms with Crippen molar-refractivity contribution in [2.24, 2.45) is 0 Å². The molecule has 3 aliphatic heterocycles. The summed E-state index contributed by atoms with van der Waals surface area (Å²) in [6, 6.07) is 9.40. The van der Waals surface area contributed by atoms with E-state index in [1.807, 2.05) is 0 Å². The maximum atomic E-state index is 13.3.